The monoisotopic (exact) mass is 273 g/mol. The minimum absolute atomic E-state index is 0.277. The molecule has 0 fully saturated rings. The highest BCUT2D eigenvalue weighted by molar-refractivity contribution is 7.17. The molecule has 0 unspecified atom stereocenters. The molecule has 1 amide bonds. The largest absolute Gasteiger partial charge is 0.363 e. The third-order valence-electron chi connectivity index (χ3n) is 2.34. The smallest absolute Gasteiger partial charge is 0.282 e. The van der Waals surface area contributed by atoms with Crippen LogP contribution in [0.15, 0.2) is 24.3 Å². The van der Waals surface area contributed by atoms with E-state index in [1.807, 2.05) is 6.07 Å². The van der Waals surface area contributed by atoms with E-state index in [1.54, 1.807) is 25.2 Å². The van der Waals surface area contributed by atoms with Crippen molar-refractivity contribution in [3.8, 4) is 6.07 Å². The first-order valence-electron chi connectivity index (χ1n) is 5.51. The van der Waals surface area contributed by atoms with Gasteiger partial charge in [-0.1, -0.05) is 23.5 Å². The summed E-state index contributed by atoms with van der Waals surface area (Å²) in [5.74, 6) is -0.277. The van der Waals surface area contributed by atoms with Gasteiger partial charge < -0.3 is 10.6 Å². The first kappa shape index (κ1) is 13.0. The number of nitrogens with zero attached hydrogens (tertiary/aromatic N) is 3. The number of aromatic nitrogens is 2. The van der Waals surface area contributed by atoms with Crippen LogP contribution in [0.1, 0.15) is 20.9 Å². The van der Waals surface area contributed by atoms with Crippen LogP contribution in [0.2, 0.25) is 0 Å². The Balaban J connectivity index is 1.98. The van der Waals surface area contributed by atoms with Gasteiger partial charge in [0.2, 0.25) is 10.1 Å². The SMILES string of the molecule is CNc1nnc(C(=O)NCc2cccc(C#N)c2)s1. The molecule has 0 aliphatic heterocycles. The van der Waals surface area contributed by atoms with Crippen molar-refractivity contribution in [2.75, 3.05) is 12.4 Å². The van der Waals surface area contributed by atoms with Crippen LogP contribution in [0.5, 0.6) is 0 Å². The Kier molecular flexibility index (Phi) is 4.05. The van der Waals surface area contributed by atoms with Gasteiger partial charge >= 0.3 is 0 Å². The third-order valence-corrected chi connectivity index (χ3v) is 3.28. The van der Waals surface area contributed by atoms with Crippen molar-refractivity contribution in [2.45, 2.75) is 6.54 Å². The van der Waals surface area contributed by atoms with E-state index >= 15 is 0 Å². The van der Waals surface area contributed by atoms with Gasteiger partial charge in [0, 0.05) is 13.6 Å². The number of carbonyl (C=O) groups excluding carboxylic acids is 1. The lowest BCUT2D eigenvalue weighted by molar-refractivity contribution is 0.0950. The van der Waals surface area contributed by atoms with E-state index in [1.165, 1.54) is 11.3 Å². The van der Waals surface area contributed by atoms with Crippen molar-refractivity contribution in [3.63, 3.8) is 0 Å². The molecule has 0 aliphatic rings. The summed E-state index contributed by atoms with van der Waals surface area (Å²) in [5.41, 5.74) is 1.44. The molecule has 0 radical (unpaired) electrons. The van der Waals surface area contributed by atoms with Gasteiger partial charge in [0.25, 0.3) is 5.91 Å². The topological polar surface area (TPSA) is 90.7 Å². The summed E-state index contributed by atoms with van der Waals surface area (Å²) in [5, 5.41) is 22.8. The second-order valence-corrected chi connectivity index (χ2v) is 4.63. The molecule has 2 aromatic rings. The van der Waals surface area contributed by atoms with Gasteiger partial charge in [-0.3, -0.25) is 4.79 Å². The molecule has 0 saturated heterocycles. The summed E-state index contributed by atoms with van der Waals surface area (Å²) in [6.45, 7) is 0.350. The van der Waals surface area contributed by atoms with Crippen LogP contribution in [-0.4, -0.2) is 23.2 Å². The number of nitrogens with one attached hydrogen (secondary N) is 2. The van der Waals surface area contributed by atoms with Crippen molar-refractivity contribution < 1.29 is 4.79 Å². The van der Waals surface area contributed by atoms with Crippen LogP contribution < -0.4 is 10.6 Å². The number of hydrogen-bond donors (Lipinski definition) is 2. The van der Waals surface area contributed by atoms with Crippen LogP contribution in [0.4, 0.5) is 5.13 Å². The van der Waals surface area contributed by atoms with E-state index in [-0.39, 0.29) is 5.91 Å². The molecule has 1 heterocycles. The highest BCUT2D eigenvalue weighted by atomic mass is 32.1. The van der Waals surface area contributed by atoms with Gasteiger partial charge in [-0.05, 0) is 17.7 Å². The van der Waals surface area contributed by atoms with Crippen molar-refractivity contribution in [2.24, 2.45) is 0 Å². The highest BCUT2D eigenvalue weighted by Gasteiger charge is 2.11. The van der Waals surface area contributed by atoms with Gasteiger partial charge in [-0.2, -0.15) is 5.26 Å². The van der Waals surface area contributed by atoms with Crippen LogP contribution in [0, 0.1) is 11.3 Å². The summed E-state index contributed by atoms with van der Waals surface area (Å²) in [4.78, 5) is 11.8. The maximum absolute atomic E-state index is 11.8. The average Bonchev–Trinajstić information content (AvgIpc) is 2.94. The summed E-state index contributed by atoms with van der Waals surface area (Å²) in [7, 11) is 1.72. The number of amides is 1. The molecule has 0 saturated carbocycles. The molecular weight excluding hydrogens is 262 g/mol. The molecule has 2 N–H and O–H groups in total. The van der Waals surface area contributed by atoms with Gasteiger partial charge in [0.05, 0.1) is 11.6 Å². The minimum atomic E-state index is -0.277. The van der Waals surface area contributed by atoms with Gasteiger partial charge in [0.15, 0.2) is 0 Å². The fourth-order valence-corrected chi connectivity index (χ4v) is 2.04. The molecule has 0 spiro atoms. The lowest BCUT2D eigenvalue weighted by atomic mass is 10.1. The fraction of sp³-hybridized carbons (Fsp3) is 0.167. The molecular formula is C12H11N5OS. The van der Waals surface area contributed by atoms with Gasteiger partial charge in [-0.25, -0.2) is 0 Å². The lowest BCUT2D eigenvalue weighted by Gasteiger charge is -2.03. The molecule has 0 aliphatic carbocycles. The Morgan fingerprint density at radius 2 is 2.32 bits per heavy atom. The first-order chi connectivity index (χ1) is 9.22. The zero-order chi connectivity index (χ0) is 13.7. The van der Waals surface area contributed by atoms with Crippen LogP contribution in [0.25, 0.3) is 0 Å². The van der Waals surface area contributed by atoms with Crippen molar-refractivity contribution >= 4 is 22.4 Å². The summed E-state index contributed by atoms with van der Waals surface area (Å²) in [6.07, 6.45) is 0. The molecule has 19 heavy (non-hydrogen) atoms. The molecule has 1 aromatic carbocycles. The maximum atomic E-state index is 11.8. The predicted molar refractivity (Wildman–Crippen MR) is 71.8 cm³/mol. The van der Waals surface area contributed by atoms with E-state index in [2.05, 4.69) is 26.9 Å². The lowest BCUT2D eigenvalue weighted by Crippen LogP contribution is -2.22. The Bertz CT molecular complexity index is 631. The summed E-state index contributed by atoms with van der Waals surface area (Å²) in [6, 6.07) is 9.14. The Hall–Kier alpha value is -2.46. The second-order valence-electron chi connectivity index (χ2n) is 3.66. The number of hydrogen-bond acceptors (Lipinski definition) is 6. The van der Waals surface area contributed by atoms with Crippen LogP contribution in [0.3, 0.4) is 0 Å². The Morgan fingerprint density at radius 3 is 3.00 bits per heavy atom. The zero-order valence-corrected chi connectivity index (χ0v) is 11.0. The number of carbonyl (C=O) groups is 1. The van der Waals surface area contributed by atoms with Crippen molar-refractivity contribution in [3.05, 3.63) is 40.4 Å². The molecule has 2 rings (SSSR count). The molecule has 0 atom stereocenters. The van der Waals surface area contributed by atoms with Crippen molar-refractivity contribution in [1.29, 1.82) is 5.26 Å². The second kappa shape index (κ2) is 5.93. The Morgan fingerprint density at radius 1 is 1.47 bits per heavy atom. The van der Waals surface area contributed by atoms with E-state index in [4.69, 9.17) is 5.26 Å². The molecule has 6 nitrogen and oxygen atoms in total. The van der Waals surface area contributed by atoms with E-state index < -0.39 is 0 Å². The number of rotatable bonds is 4. The standard InChI is InChI=1S/C12H11N5OS/c1-14-12-17-16-11(19-12)10(18)15-7-9-4-2-3-8(5-9)6-13/h2-5H,7H2,1H3,(H,14,17)(H,15,18). The number of nitriles is 1. The first-order valence-corrected chi connectivity index (χ1v) is 6.33. The van der Waals surface area contributed by atoms with Gasteiger partial charge in [-0.15, -0.1) is 10.2 Å². The quantitative estimate of drug-likeness (QED) is 0.878. The highest BCUT2D eigenvalue weighted by Crippen LogP contribution is 2.14. The van der Waals surface area contributed by atoms with Crippen LogP contribution >= 0.6 is 11.3 Å². The molecule has 1 aromatic heterocycles. The molecule has 0 bridgehead atoms. The van der Waals surface area contributed by atoms with Gasteiger partial charge in [0.1, 0.15) is 0 Å². The average molecular weight is 273 g/mol. The molecule has 7 heteroatoms. The van der Waals surface area contributed by atoms with E-state index in [9.17, 15) is 4.79 Å². The summed E-state index contributed by atoms with van der Waals surface area (Å²) >= 11 is 1.19. The van der Waals surface area contributed by atoms with Crippen LogP contribution in [-0.2, 0) is 6.54 Å². The van der Waals surface area contributed by atoms with E-state index in [0.717, 1.165) is 5.56 Å². The maximum Gasteiger partial charge on any atom is 0.282 e. The normalized spacial score (nSPS) is 9.68. The minimum Gasteiger partial charge on any atom is -0.363 e. The summed E-state index contributed by atoms with van der Waals surface area (Å²) < 4.78 is 0. The third kappa shape index (κ3) is 3.26. The Labute approximate surface area is 114 Å². The fourth-order valence-electron chi connectivity index (χ4n) is 1.42. The van der Waals surface area contributed by atoms with E-state index in [0.29, 0.717) is 22.2 Å². The zero-order valence-electron chi connectivity index (χ0n) is 10.2. The molecule has 96 valence electrons. The number of anilines is 1. The van der Waals surface area contributed by atoms with Crippen molar-refractivity contribution in [1.82, 2.24) is 15.5 Å². The predicted octanol–water partition coefficient (Wildman–Crippen LogP) is 1.38. The number of benzene rings is 1.